The van der Waals surface area contributed by atoms with E-state index < -0.39 is 5.72 Å². The van der Waals surface area contributed by atoms with E-state index in [1.165, 1.54) is 0 Å². The Bertz CT molecular complexity index is 717. The molecular formula is C16H18BrN3O3. The molecule has 2 saturated heterocycles. The van der Waals surface area contributed by atoms with Crippen molar-refractivity contribution in [1.82, 2.24) is 14.8 Å². The number of carbonyl (C=O) groups excluding carboxylic acids is 2. The zero-order valence-electron chi connectivity index (χ0n) is 12.6. The third-order valence-electron chi connectivity index (χ3n) is 5.94. The van der Waals surface area contributed by atoms with Crippen molar-refractivity contribution in [2.45, 2.75) is 43.5 Å². The zero-order valence-corrected chi connectivity index (χ0v) is 14.2. The maximum atomic E-state index is 12.5. The van der Waals surface area contributed by atoms with Crippen LogP contribution in [0.15, 0.2) is 16.7 Å². The number of aromatic nitrogens is 1. The largest absolute Gasteiger partial charge is 0.355 e. The second kappa shape index (κ2) is 4.60. The predicted octanol–water partition coefficient (Wildman–Crippen LogP) is 1.66. The molecule has 0 aromatic carbocycles. The highest BCUT2D eigenvalue weighted by atomic mass is 79.9. The van der Waals surface area contributed by atoms with Gasteiger partial charge in [-0.15, -0.1) is 0 Å². The SMILES string of the molecule is O=C1N[C@@H]2[C@@H](C[C@@]34OCCCCN3C(=O)C[C@@H]24)n2c(Br)ccc21. The third kappa shape index (κ3) is 1.67. The second-order valence-electron chi connectivity index (χ2n) is 6.94. The molecule has 1 spiro atoms. The van der Waals surface area contributed by atoms with E-state index in [0.29, 0.717) is 18.7 Å². The van der Waals surface area contributed by atoms with Crippen LogP contribution in [-0.4, -0.2) is 46.2 Å². The molecule has 2 amide bonds. The molecule has 1 aromatic heterocycles. The molecule has 1 saturated carbocycles. The summed E-state index contributed by atoms with van der Waals surface area (Å²) in [5.74, 6) is 0.139. The first-order valence-corrected chi connectivity index (χ1v) is 9.03. The molecular weight excluding hydrogens is 362 g/mol. The molecule has 0 unspecified atom stereocenters. The summed E-state index contributed by atoms with van der Waals surface area (Å²) in [6.45, 7) is 1.45. The van der Waals surface area contributed by atoms with Gasteiger partial charge in [0.15, 0.2) is 5.72 Å². The summed E-state index contributed by atoms with van der Waals surface area (Å²) >= 11 is 3.57. The van der Waals surface area contributed by atoms with Gasteiger partial charge in [0, 0.05) is 31.9 Å². The van der Waals surface area contributed by atoms with Crippen LogP contribution in [0.25, 0.3) is 0 Å². The molecule has 4 aliphatic rings. The normalized spacial score (nSPS) is 38.5. The Morgan fingerprint density at radius 1 is 1.30 bits per heavy atom. The molecule has 4 atom stereocenters. The van der Waals surface area contributed by atoms with Crippen LogP contribution in [0.4, 0.5) is 0 Å². The van der Waals surface area contributed by atoms with Crippen LogP contribution in [0.3, 0.4) is 0 Å². The maximum Gasteiger partial charge on any atom is 0.268 e. The van der Waals surface area contributed by atoms with Crippen molar-refractivity contribution in [3.8, 4) is 0 Å². The summed E-state index contributed by atoms with van der Waals surface area (Å²) in [5, 5.41) is 3.15. The number of hydrogen-bond donors (Lipinski definition) is 1. The fourth-order valence-electron chi connectivity index (χ4n) is 5.03. The molecule has 5 rings (SSSR count). The van der Waals surface area contributed by atoms with Crippen molar-refractivity contribution < 1.29 is 14.3 Å². The van der Waals surface area contributed by atoms with Crippen LogP contribution >= 0.6 is 15.9 Å². The highest BCUT2D eigenvalue weighted by Crippen LogP contribution is 2.55. The number of nitrogens with one attached hydrogen (secondary N) is 1. The molecule has 6 nitrogen and oxygen atoms in total. The van der Waals surface area contributed by atoms with Gasteiger partial charge in [-0.25, -0.2) is 0 Å². The number of ether oxygens (including phenoxy) is 1. The van der Waals surface area contributed by atoms with Gasteiger partial charge in [0.1, 0.15) is 5.69 Å². The molecule has 0 radical (unpaired) electrons. The van der Waals surface area contributed by atoms with E-state index in [4.69, 9.17) is 4.74 Å². The number of halogens is 1. The second-order valence-corrected chi connectivity index (χ2v) is 7.75. The lowest BCUT2D eigenvalue weighted by atomic mass is 9.95. The Hall–Kier alpha value is -1.34. The molecule has 7 heteroatoms. The number of hydrogen-bond acceptors (Lipinski definition) is 3. The summed E-state index contributed by atoms with van der Waals surface area (Å²) < 4.78 is 9.29. The average molecular weight is 380 g/mol. The quantitative estimate of drug-likeness (QED) is 0.745. The van der Waals surface area contributed by atoms with E-state index in [9.17, 15) is 9.59 Å². The summed E-state index contributed by atoms with van der Waals surface area (Å²) in [6.07, 6.45) is 3.18. The number of carbonyl (C=O) groups is 2. The van der Waals surface area contributed by atoms with Crippen molar-refractivity contribution in [2.24, 2.45) is 5.92 Å². The number of nitrogens with zero attached hydrogens (tertiary/aromatic N) is 2. The molecule has 1 aromatic rings. The lowest BCUT2D eigenvalue weighted by Crippen LogP contribution is -2.51. The molecule has 3 aliphatic heterocycles. The van der Waals surface area contributed by atoms with Crippen LogP contribution in [-0.2, 0) is 9.53 Å². The minimum atomic E-state index is -0.540. The topological polar surface area (TPSA) is 63.6 Å². The van der Waals surface area contributed by atoms with Gasteiger partial charge < -0.3 is 19.5 Å². The maximum absolute atomic E-state index is 12.5. The van der Waals surface area contributed by atoms with Gasteiger partial charge in [-0.2, -0.15) is 0 Å². The van der Waals surface area contributed by atoms with E-state index in [2.05, 4.69) is 25.8 Å². The van der Waals surface area contributed by atoms with Crippen molar-refractivity contribution >= 4 is 27.7 Å². The molecule has 4 heterocycles. The van der Waals surface area contributed by atoms with Crippen molar-refractivity contribution in [3.63, 3.8) is 0 Å². The molecule has 3 fully saturated rings. The highest BCUT2D eigenvalue weighted by molar-refractivity contribution is 9.10. The van der Waals surface area contributed by atoms with E-state index in [-0.39, 0.29) is 29.8 Å². The lowest BCUT2D eigenvalue weighted by Gasteiger charge is -2.36. The number of amides is 2. The summed E-state index contributed by atoms with van der Waals surface area (Å²) in [4.78, 5) is 26.9. The zero-order chi connectivity index (χ0) is 15.8. The van der Waals surface area contributed by atoms with Crippen molar-refractivity contribution in [3.05, 3.63) is 22.4 Å². The Kier molecular flexibility index (Phi) is 2.81. The van der Waals surface area contributed by atoms with Gasteiger partial charge in [-0.1, -0.05) is 0 Å². The molecule has 23 heavy (non-hydrogen) atoms. The van der Waals surface area contributed by atoms with E-state index in [1.807, 2.05) is 17.0 Å². The fraction of sp³-hybridized carbons (Fsp3) is 0.625. The minimum absolute atomic E-state index is 0.0319. The number of fused-ring (bicyclic) bond motifs is 4. The van der Waals surface area contributed by atoms with E-state index in [1.54, 1.807) is 0 Å². The van der Waals surface area contributed by atoms with E-state index >= 15 is 0 Å². The molecule has 122 valence electrons. The van der Waals surface area contributed by atoms with Gasteiger partial charge in [-0.3, -0.25) is 9.59 Å². The predicted molar refractivity (Wildman–Crippen MR) is 84.8 cm³/mol. The Morgan fingerprint density at radius 3 is 3.04 bits per heavy atom. The summed E-state index contributed by atoms with van der Waals surface area (Å²) in [7, 11) is 0. The highest BCUT2D eigenvalue weighted by Gasteiger charge is 2.65. The Balaban J connectivity index is 1.63. The molecule has 1 aliphatic carbocycles. The van der Waals surface area contributed by atoms with Crippen LogP contribution in [0.5, 0.6) is 0 Å². The summed E-state index contributed by atoms with van der Waals surface area (Å²) in [5.41, 5.74) is 0.141. The monoisotopic (exact) mass is 379 g/mol. The number of rotatable bonds is 0. The van der Waals surface area contributed by atoms with Gasteiger partial charge in [-0.05, 0) is 40.9 Å². The molecule has 1 N–H and O–H groups in total. The van der Waals surface area contributed by atoms with Crippen LogP contribution < -0.4 is 5.32 Å². The minimum Gasteiger partial charge on any atom is -0.355 e. The first-order valence-electron chi connectivity index (χ1n) is 8.24. The van der Waals surface area contributed by atoms with E-state index in [0.717, 1.165) is 30.4 Å². The first-order chi connectivity index (χ1) is 11.1. The summed E-state index contributed by atoms with van der Waals surface area (Å²) in [6, 6.07) is 3.84. The van der Waals surface area contributed by atoms with Gasteiger partial charge in [0.25, 0.3) is 5.91 Å². The van der Waals surface area contributed by atoms with Gasteiger partial charge in [0.2, 0.25) is 5.91 Å². The van der Waals surface area contributed by atoms with Crippen molar-refractivity contribution in [2.75, 3.05) is 13.2 Å². The Morgan fingerprint density at radius 2 is 2.17 bits per heavy atom. The fourth-order valence-corrected chi connectivity index (χ4v) is 5.62. The Labute approximate surface area is 142 Å². The van der Waals surface area contributed by atoms with Gasteiger partial charge in [0.05, 0.1) is 16.7 Å². The van der Waals surface area contributed by atoms with Crippen molar-refractivity contribution in [1.29, 1.82) is 0 Å². The first kappa shape index (κ1) is 14.0. The van der Waals surface area contributed by atoms with Gasteiger partial charge >= 0.3 is 0 Å². The van der Waals surface area contributed by atoms with Crippen LogP contribution in [0.2, 0.25) is 0 Å². The van der Waals surface area contributed by atoms with Crippen LogP contribution in [0, 0.1) is 5.92 Å². The smallest absolute Gasteiger partial charge is 0.268 e. The average Bonchev–Trinajstić information content (AvgIpc) is 3.05. The lowest BCUT2D eigenvalue weighted by molar-refractivity contribution is -0.160. The van der Waals surface area contributed by atoms with Crippen LogP contribution in [0.1, 0.15) is 42.2 Å². The molecule has 0 bridgehead atoms. The third-order valence-corrected chi connectivity index (χ3v) is 6.59. The standard InChI is InChI=1S/C16H18BrN3O3/c17-12-4-3-10-15(22)18-14-9-7-13(21)19-5-1-2-6-23-16(9,19)8-11(14)20(10)12/h3-4,9,11,14H,1-2,5-8H2,(H,18,22)/t9-,11+,14-,16-/m0/s1.